The maximum Gasteiger partial charge on any atom is 0.253 e. The summed E-state index contributed by atoms with van der Waals surface area (Å²) in [5.74, 6) is 0.769. The van der Waals surface area contributed by atoms with Gasteiger partial charge in [0.1, 0.15) is 11.9 Å². The number of pyridine rings is 1. The molecule has 1 aromatic rings. The molecule has 1 aromatic heterocycles. The van der Waals surface area contributed by atoms with Crippen molar-refractivity contribution in [3.8, 4) is 0 Å². The summed E-state index contributed by atoms with van der Waals surface area (Å²) >= 11 is 0. The number of carbonyl (C=O) groups is 1. The van der Waals surface area contributed by atoms with Gasteiger partial charge in [-0.05, 0) is 57.1 Å². The zero-order valence-corrected chi connectivity index (χ0v) is 13.5. The lowest BCUT2D eigenvalue weighted by molar-refractivity contribution is -0.124. The molecule has 1 fully saturated rings. The van der Waals surface area contributed by atoms with Gasteiger partial charge in [-0.2, -0.15) is 0 Å². The van der Waals surface area contributed by atoms with E-state index in [0.717, 1.165) is 31.6 Å². The Morgan fingerprint density at radius 1 is 1.30 bits per heavy atom. The Hall–Kier alpha value is -1.88. The van der Waals surface area contributed by atoms with E-state index in [1.54, 1.807) is 11.8 Å². The van der Waals surface area contributed by atoms with Crippen LogP contribution in [0.3, 0.4) is 0 Å². The average molecular weight is 315 g/mol. The minimum absolute atomic E-state index is 0.0748. The van der Waals surface area contributed by atoms with Crippen LogP contribution >= 0.6 is 0 Å². The van der Waals surface area contributed by atoms with E-state index < -0.39 is 0 Å². The topological polar surface area (TPSA) is 63.2 Å². The molecule has 2 N–H and O–H groups in total. The van der Waals surface area contributed by atoms with E-state index in [-0.39, 0.29) is 12.0 Å². The van der Waals surface area contributed by atoms with E-state index in [1.165, 1.54) is 25.7 Å². The van der Waals surface area contributed by atoms with Gasteiger partial charge in [0.2, 0.25) is 0 Å². The molecule has 124 valence electrons. The summed E-state index contributed by atoms with van der Waals surface area (Å²) in [6.45, 7) is 1.58. The van der Waals surface area contributed by atoms with Crippen molar-refractivity contribution in [3.05, 3.63) is 30.0 Å². The monoisotopic (exact) mass is 315 g/mol. The second kappa shape index (κ2) is 8.11. The molecule has 1 atom stereocenters. The molecule has 1 saturated heterocycles. The molecule has 1 amide bonds. The van der Waals surface area contributed by atoms with Crippen molar-refractivity contribution < 1.29 is 9.53 Å². The molecule has 5 nitrogen and oxygen atoms in total. The third-order valence-electron chi connectivity index (χ3n) is 4.39. The summed E-state index contributed by atoms with van der Waals surface area (Å²) < 4.78 is 5.37. The predicted octanol–water partition coefficient (Wildman–Crippen LogP) is 3.50. The van der Waals surface area contributed by atoms with Gasteiger partial charge in [0.05, 0.1) is 11.9 Å². The van der Waals surface area contributed by atoms with E-state index in [2.05, 4.69) is 21.7 Å². The number of hydrogen-bond donors (Lipinski definition) is 2. The number of anilines is 2. The zero-order chi connectivity index (χ0) is 15.9. The fraction of sp³-hybridized carbons (Fsp3) is 0.556. The molecule has 0 saturated carbocycles. The Morgan fingerprint density at radius 3 is 2.96 bits per heavy atom. The van der Waals surface area contributed by atoms with Crippen molar-refractivity contribution >= 4 is 17.4 Å². The molecular weight excluding hydrogens is 290 g/mol. The Labute approximate surface area is 137 Å². The second-order valence-electron chi connectivity index (χ2n) is 6.21. The number of nitrogens with one attached hydrogen (secondary N) is 2. The van der Waals surface area contributed by atoms with E-state index >= 15 is 0 Å². The van der Waals surface area contributed by atoms with Crippen molar-refractivity contribution in [2.75, 3.05) is 23.8 Å². The Morgan fingerprint density at radius 2 is 2.26 bits per heavy atom. The van der Waals surface area contributed by atoms with Gasteiger partial charge in [0.25, 0.3) is 5.91 Å². The lowest BCUT2D eigenvalue weighted by Gasteiger charge is -2.13. The summed E-state index contributed by atoms with van der Waals surface area (Å²) in [6.07, 6.45) is 11.7. The summed E-state index contributed by atoms with van der Waals surface area (Å²) in [6, 6.07) is 3.78. The van der Waals surface area contributed by atoms with Gasteiger partial charge < -0.3 is 15.4 Å². The van der Waals surface area contributed by atoms with Crippen molar-refractivity contribution in [1.82, 2.24) is 4.98 Å². The van der Waals surface area contributed by atoms with Crippen LogP contribution in [0.2, 0.25) is 0 Å². The van der Waals surface area contributed by atoms with Gasteiger partial charge in [0.15, 0.2) is 0 Å². The molecule has 1 unspecified atom stereocenters. The number of aromatic nitrogens is 1. The molecule has 0 radical (unpaired) electrons. The maximum atomic E-state index is 12.0. The molecule has 23 heavy (non-hydrogen) atoms. The normalized spacial score (nSPS) is 20.9. The molecule has 5 heteroatoms. The summed E-state index contributed by atoms with van der Waals surface area (Å²) in [7, 11) is 0. The van der Waals surface area contributed by atoms with Gasteiger partial charge >= 0.3 is 0 Å². The van der Waals surface area contributed by atoms with Crippen molar-refractivity contribution in [2.24, 2.45) is 0 Å². The second-order valence-corrected chi connectivity index (χ2v) is 6.21. The number of rotatable bonds is 6. The Bertz CT molecular complexity index is 548. The first-order valence-corrected chi connectivity index (χ1v) is 8.61. The third kappa shape index (κ3) is 4.79. The van der Waals surface area contributed by atoms with Gasteiger partial charge in [-0.25, -0.2) is 4.98 Å². The van der Waals surface area contributed by atoms with E-state index in [4.69, 9.17) is 4.74 Å². The standard InChI is InChI=1S/C18H25N3O2/c22-18(16-7-4-12-23-16)21-15-8-9-17(20-13-15)19-11-10-14-5-2-1-3-6-14/h5,8-9,13,16H,1-4,6-7,10-12H2,(H,19,20)(H,21,22). The molecular formula is C18H25N3O2. The predicted molar refractivity (Wildman–Crippen MR) is 91.5 cm³/mol. The van der Waals surface area contributed by atoms with Gasteiger partial charge in [-0.3, -0.25) is 4.79 Å². The van der Waals surface area contributed by atoms with Crippen molar-refractivity contribution in [1.29, 1.82) is 0 Å². The molecule has 1 aliphatic carbocycles. The molecule has 0 aromatic carbocycles. The number of amides is 1. The van der Waals surface area contributed by atoms with Crippen LogP contribution in [0.4, 0.5) is 11.5 Å². The highest BCUT2D eigenvalue weighted by molar-refractivity contribution is 5.94. The van der Waals surface area contributed by atoms with E-state index in [0.29, 0.717) is 12.3 Å². The minimum Gasteiger partial charge on any atom is -0.370 e. The molecule has 3 rings (SSSR count). The minimum atomic E-state index is -0.309. The number of carbonyl (C=O) groups excluding carboxylic acids is 1. The van der Waals surface area contributed by atoms with Crippen LogP contribution in [0.25, 0.3) is 0 Å². The Balaban J connectivity index is 1.43. The highest BCUT2D eigenvalue weighted by Crippen LogP contribution is 2.20. The summed E-state index contributed by atoms with van der Waals surface area (Å²) in [5.41, 5.74) is 2.27. The van der Waals surface area contributed by atoms with E-state index in [9.17, 15) is 4.79 Å². The number of nitrogens with zero attached hydrogens (tertiary/aromatic N) is 1. The van der Waals surface area contributed by atoms with Crippen LogP contribution in [0, 0.1) is 0 Å². The molecule has 0 spiro atoms. The number of ether oxygens (including phenoxy) is 1. The molecule has 0 bridgehead atoms. The Kier molecular flexibility index (Phi) is 5.64. The first-order chi connectivity index (χ1) is 11.3. The largest absolute Gasteiger partial charge is 0.370 e. The first kappa shape index (κ1) is 16.0. The third-order valence-corrected chi connectivity index (χ3v) is 4.39. The van der Waals surface area contributed by atoms with Gasteiger partial charge in [-0.1, -0.05) is 11.6 Å². The number of allylic oxidation sites excluding steroid dienone is 1. The highest BCUT2D eigenvalue weighted by Gasteiger charge is 2.23. The smallest absolute Gasteiger partial charge is 0.253 e. The first-order valence-electron chi connectivity index (χ1n) is 8.61. The summed E-state index contributed by atoms with van der Waals surface area (Å²) in [5, 5.41) is 6.19. The average Bonchev–Trinajstić information content (AvgIpc) is 3.12. The number of hydrogen-bond acceptors (Lipinski definition) is 4. The quantitative estimate of drug-likeness (QED) is 0.789. The van der Waals surface area contributed by atoms with Crippen molar-refractivity contribution in [3.63, 3.8) is 0 Å². The molecule has 2 aliphatic rings. The fourth-order valence-electron chi connectivity index (χ4n) is 3.06. The lowest BCUT2D eigenvalue weighted by atomic mass is 9.97. The van der Waals surface area contributed by atoms with Crippen LogP contribution in [0.15, 0.2) is 30.0 Å². The van der Waals surface area contributed by atoms with Crippen LogP contribution in [-0.2, 0) is 9.53 Å². The van der Waals surface area contributed by atoms with Crippen LogP contribution < -0.4 is 10.6 Å². The van der Waals surface area contributed by atoms with Gasteiger partial charge in [-0.15, -0.1) is 0 Å². The van der Waals surface area contributed by atoms with Crippen molar-refractivity contribution in [2.45, 2.75) is 51.0 Å². The molecule has 1 aliphatic heterocycles. The van der Waals surface area contributed by atoms with E-state index in [1.807, 2.05) is 12.1 Å². The molecule has 2 heterocycles. The summed E-state index contributed by atoms with van der Waals surface area (Å²) in [4.78, 5) is 16.3. The van der Waals surface area contributed by atoms with Crippen LogP contribution in [0.5, 0.6) is 0 Å². The SMILES string of the molecule is O=C(Nc1ccc(NCCC2=CCCCC2)nc1)C1CCCO1. The van der Waals surface area contributed by atoms with Gasteiger partial charge in [0, 0.05) is 13.2 Å². The maximum absolute atomic E-state index is 12.0. The fourth-order valence-corrected chi connectivity index (χ4v) is 3.06. The lowest BCUT2D eigenvalue weighted by Crippen LogP contribution is -2.26. The van der Waals surface area contributed by atoms with Crippen LogP contribution in [-0.4, -0.2) is 30.1 Å². The van der Waals surface area contributed by atoms with Crippen LogP contribution in [0.1, 0.15) is 44.9 Å². The zero-order valence-electron chi connectivity index (χ0n) is 13.5. The highest BCUT2D eigenvalue weighted by atomic mass is 16.5.